The van der Waals surface area contributed by atoms with Gasteiger partial charge in [-0.25, -0.2) is 0 Å². The van der Waals surface area contributed by atoms with E-state index < -0.39 is 0 Å². The molecule has 1 atom stereocenters. The Balaban J connectivity index is 1.52. The molecule has 2 aromatic rings. The third kappa shape index (κ3) is 4.88. The second-order valence-corrected chi connectivity index (χ2v) is 7.13. The number of hydrogen-bond acceptors (Lipinski definition) is 5. The van der Waals surface area contributed by atoms with Crippen molar-refractivity contribution in [2.75, 3.05) is 46.4 Å². The number of hydrogen-bond donors (Lipinski definition) is 1. The van der Waals surface area contributed by atoms with Gasteiger partial charge in [0.15, 0.2) is 0 Å². The van der Waals surface area contributed by atoms with Crippen LogP contribution in [-0.2, 0) is 11.2 Å². The van der Waals surface area contributed by atoms with Crippen molar-refractivity contribution in [2.45, 2.75) is 18.9 Å². The van der Waals surface area contributed by atoms with E-state index >= 15 is 0 Å². The lowest BCUT2D eigenvalue weighted by molar-refractivity contribution is 0.0101. The number of H-pyrrole nitrogens is 1. The van der Waals surface area contributed by atoms with Gasteiger partial charge >= 0.3 is 0 Å². The van der Waals surface area contributed by atoms with Crippen LogP contribution >= 0.6 is 11.3 Å². The highest BCUT2D eigenvalue weighted by atomic mass is 32.1. The Bertz CT molecular complexity index is 537. The van der Waals surface area contributed by atoms with Crippen LogP contribution in [0.4, 0.5) is 0 Å². The number of likely N-dealkylation sites (N-methyl/N-ethyl adjacent to an activating group) is 1. The molecular formula is C17H26N4OS. The fourth-order valence-electron chi connectivity index (χ4n) is 3.11. The second kappa shape index (κ2) is 8.59. The van der Waals surface area contributed by atoms with Gasteiger partial charge in [-0.3, -0.25) is 10.00 Å². The molecule has 0 unspecified atom stereocenters. The Kier molecular flexibility index (Phi) is 6.21. The van der Waals surface area contributed by atoms with Crippen LogP contribution in [0.3, 0.4) is 0 Å². The van der Waals surface area contributed by atoms with Crippen LogP contribution in [0.15, 0.2) is 29.9 Å². The van der Waals surface area contributed by atoms with Crippen molar-refractivity contribution in [1.82, 2.24) is 20.0 Å². The number of ether oxygens (including phenoxy) is 1. The molecule has 6 heteroatoms. The van der Waals surface area contributed by atoms with Gasteiger partial charge in [-0.2, -0.15) is 5.10 Å². The molecule has 0 aromatic carbocycles. The minimum Gasteiger partial charge on any atom is -0.379 e. The van der Waals surface area contributed by atoms with E-state index in [1.54, 1.807) is 0 Å². The lowest BCUT2D eigenvalue weighted by Gasteiger charge is -2.36. The maximum atomic E-state index is 5.52. The zero-order valence-electron chi connectivity index (χ0n) is 13.8. The van der Waals surface area contributed by atoms with Crippen molar-refractivity contribution in [3.8, 4) is 0 Å². The van der Waals surface area contributed by atoms with Crippen LogP contribution in [0.2, 0.25) is 0 Å². The molecule has 0 bridgehead atoms. The molecule has 1 aliphatic rings. The van der Waals surface area contributed by atoms with Crippen molar-refractivity contribution in [3.05, 3.63) is 40.3 Å². The van der Waals surface area contributed by atoms with E-state index in [2.05, 4.69) is 44.6 Å². The van der Waals surface area contributed by atoms with Crippen molar-refractivity contribution in [2.24, 2.45) is 0 Å². The summed E-state index contributed by atoms with van der Waals surface area (Å²) >= 11 is 1.87. The summed E-state index contributed by atoms with van der Waals surface area (Å²) in [6.45, 7) is 5.96. The average Bonchev–Trinajstić information content (AvgIpc) is 3.27. The highest BCUT2D eigenvalue weighted by molar-refractivity contribution is 7.10. The number of thiophene rings is 1. The predicted octanol–water partition coefficient (Wildman–Crippen LogP) is 2.41. The Labute approximate surface area is 142 Å². The molecule has 0 radical (unpaired) electrons. The molecule has 1 N–H and O–H groups in total. The Morgan fingerprint density at radius 1 is 1.43 bits per heavy atom. The summed E-state index contributed by atoms with van der Waals surface area (Å²) in [6.07, 6.45) is 6.16. The molecule has 3 heterocycles. The molecule has 3 rings (SSSR count). The van der Waals surface area contributed by atoms with Crippen LogP contribution < -0.4 is 0 Å². The highest BCUT2D eigenvalue weighted by Gasteiger charge is 2.24. The van der Waals surface area contributed by atoms with Crippen molar-refractivity contribution < 1.29 is 4.74 Å². The molecule has 1 aliphatic heterocycles. The van der Waals surface area contributed by atoms with Crippen LogP contribution in [0.25, 0.3) is 0 Å². The highest BCUT2D eigenvalue weighted by Crippen LogP contribution is 2.26. The Morgan fingerprint density at radius 2 is 2.30 bits per heavy atom. The molecular weight excluding hydrogens is 308 g/mol. The summed E-state index contributed by atoms with van der Waals surface area (Å²) in [6, 6.07) is 4.91. The topological polar surface area (TPSA) is 44.4 Å². The van der Waals surface area contributed by atoms with E-state index in [0.29, 0.717) is 6.04 Å². The zero-order valence-corrected chi connectivity index (χ0v) is 14.6. The van der Waals surface area contributed by atoms with Crippen molar-refractivity contribution in [3.63, 3.8) is 0 Å². The van der Waals surface area contributed by atoms with Crippen LogP contribution in [0.1, 0.15) is 22.9 Å². The Hall–Kier alpha value is -1.21. The minimum absolute atomic E-state index is 0.484. The minimum atomic E-state index is 0.484. The van der Waals surface area contributed by atoms with Gasteiger partial charge in [-0.1, -0.05) is 6.07 Å². The van der Waals surface area contributed by atoms with Gasteiger partial charge in [0.1, 0.15) is 0 Å². The summed E-state index contributed by atoms with van der Waals surface area (Å²) in [5.41, 5.74) is 1.29. The van der Waals surface area contributed by atoms with Crippen LogP contribution in [0, 0.1) is 0 Å². The first-order chi connectivity index (χ1) is 11.3. The molecule has 0 saturated carbocycles. The molecule has 0 aliphatic carbocycles. The molecule has 2 aromatic heterocycles. The van der Waals surface area contributed by atoms with E-state index in [1.807, 2.05) is 23.7 Å². The normalized spacial score (nSPS) is 17.7. The van der Waals surface area contributed by atoms with E-state index in [0.717, 1.165) is 52.2 Å². The monoisotopic (exact) mass is 334 g/mol. The second-order valence-electron chi connectivity index (χ2n) is 6.15. The number of rotatable bonds is 8. The predicted molar refractivity (Wildman–Crippen MR) is 93.9 cm³/mol. The van der Waals surface area contributed by atoms with Crippen molar-refractivity contribution in [1.29, 1.82) is 0 Å². The summed E-state index contributed by atoms with van der Waals surface area (Å²) in [7, 11) is 2.23. The largest absolute Gasteiger partial charge is 0.379 e. The van der Waals surface area contributed by atoms with E-state index in [1.165, 1.54) is 10.4 Å². The lowest BCUT2D eigenvalue weighted by Crippen LogP contribution is -2.43. The molecule has 23 heavy (non-hydrogen) atoms. The van der Waals surface area contributed by atoms with E-state index in [4.69, 9.17) is 4.74 Å². The zero-order chi connectivity index (χ0) is 15.9. The third-order valence-corrected chi connectivity index (χ3v) is 5.38. The van der Waals surface area contributed by atoms with Gasteiger partial charge in [-0.15, -0.1) is 11.3 Å². The quantitative estimate of drug-likeness (QED) is 0.805. The van der Waals surface area contributed by atoms with E-state index in [9.17, 15) is 0 Å². The summed E-state index contributed by atoms with van der Waals surface area (Å²) in [5.74, 6) is 0. The van der Waals surface area contributed by atoms with Gasteiger partial charge in [0.2, 0.25) is 0 Å². The molecule has 126 valence electrons. The average molecular weight is 334 g/mol. The molecule has 0 amide bonds. The van der Waals surface area contributed by atoms with Crippen molar-refractivity contribution >= 4 is 11.3 Å². The lowest BCUT2D eigenvalue weighted by atomic mass is 10.1. The van der Waals surface area contributed by atoms with Gasteiger partial charge in [-0.05, 0) is 43.4 Å². The van der Waals surface area contributed by atoms with Gasteiger partial charge < -0.3 is 9.64 Å². The number of aromatic nitrogens is 2. The summed E-state index contributed by atoms with van der Waals surface area (Å²) in [4.78, 5) is 6.50. The maximum absolute atomic E-state index is 5.52. The van der Waals surface area contributed by atoms with Crippen LogP contribution in [-0.4, -0.2) is 66.4 Å². The number of aromatic amines is 1. The van der Waals surface area contributed by atoms with Crippen LogP contribution in [0.5, 0.6) is 0 Å². The number of nitrogens with one attached hydrogen (secondary N) is 1. The van der Waals surface area contributed by atoms with Gasteiger partial charge in [0.25, 0.3) is 0 Å². The molecule has 5 nitrogen and oxygen atoms in total. The smallest absolute Gasteiger partial charge is 0.0594 e. The summed E-state index contributed by atoms with van der Waals surface area (Å²) < 4.78 is 5.52. The van der Waals surface area contributed by atoms with Gasteiger partial charge in [0.05, 0.1) is 25.5 Å². The number of nitrogens with zero attached hydrogens (tertiary/aromatic N) is 3. The van der Waals surface area contributed by atoms with Gasteiger partial charge in [0, 0.05) is 30.7 Å². The molecule has 1 fully saturated rings. The fraction of sp³-hybridized carbons (Fsp3) is 0.588. The first kappa shape index (κ1) is 16.6. The fourth-order valence-corrected chi connectivity index (χ4v) is 3.96. The first-order valence-corrected chi connectivity index (χ1v) is 9.22. The Morgan fingerprint density at radius 3 is 3.00 bits per heavy atom. The third-order valence-electron chi connectivity index (χ3n) is 4.40. The number of aryl methyl sites for hydroxylation is 1. The number of morpholine rings is 1. The van der Waals surface area contributed by atoms with E-state index in [-0.39, 0.29) is 0 Å². The maximum Gasteiger partial charge on any atom is 0.0594 e. The molecule has 1 saturated heterocycles. The summed E-state index contributed by atoms with van der Waals surface area (Å²) in [5, 5.41) is 9.07. The molecule has 0 spiro atoms. The SMILES string of the molecule is CN(CCCc1cn[nH]c1)C[C@@H](c1cccs1)N1CCOCC1. The standard InChI is InChI=1S/C17H26N4OS/c1-20(6-2-4-15-12-18-19-13-15)14-16(17-5-3-11-23-17)21-7-9-22-10-8-21/h3,5,11-13,16H,2,4,6-10,14H2,1H3,(H,18,19)/t16-/m0/s1. The first-order valence-electron chi connectivity index (χ1n) is 8.34.